The van der Waals surface area contributed by atoms with Crippen molar-refractivity contribution in [1.29, 1.82) is 5.26 Å². The van der Waals surface area contributed by atoms with E-state index in [9.17, 15) is 13.6 Å². The molecule has 1 aromatic carbocycles. The molecule has 0 saturated heterocycles. The van der Waals surface area contributed by atoms with Crippen LogP contribution in [0.15, 0.2) is 18.2 Å². The lowest BCUT2D eigenvalue weighted by Crippen LogP contribution is -2.34. The first kappa shape index (κ1) is 16.1. The molecule has 0 unspecified atom stereocenters. The molecule has 0 aliphatic carbocycles. The number of halogens is 2. The van der Waals surface area contributed by atoms with Crippen LogP contribution < -0.4 is 0 Å². The molecule has 0 aliphatic heterocycles. The molecular formula is C15H18F2N2O. The highest BCUT2D eigenvalue weighted by Crippen LogP contribution is 2.15. The van der Waals surface area contributed by atoms with Crippen LogP contribution in [-0.2, 0) is 0 Å². The molecule has 1 amide bonds. The van der Waals surface area contributed by atoms with Gasteiger partial charge in [0.25, 0.3) is 5.91 Å². The Hall–Kier alpha value is -1.96. The summed E-state index contributed by atoms with van der Waals surface area (Å²) in [6, 6.07) is 5.49. The Bertz CT molecular complexity index is 509. The number of rotatable bonds is 6. The minimum Gasteiger partial charge on any atom is -0.338 e. The van der Waals surface area contributed by atoms with Crippen LogP contribution in [0.3, 0.4) is 0 Å². The van der Waals surface area contributed by atoms with Crippen molar-refractivity contribution in [2.24, 2.45) is 5.92 Å². The van der Waals surface area contributed by atoms with Crippen molar-refractivity contribution < 1.29 is 13.6 Å². The monoisotopic (exact) mass is 280 g/mol. The van der Waals surface area contributed by atoms with Gasteiger partial charge < -0.3 is 4.90 Å². The summed E-state index contributed by atoms with van der Waals surface area (Å²) in [5.41, 5.74) is -0.285. The number of hydrogen-bond acceptors (Lipinski definition) is 2. The molecule has 0 radical (unpaired) electrons. The molecule has 0 saturated carbocycles. The third kappa shape index (κ3) is 4.30. The van der Waals surface area contributed by atoms with Gasteiger partial charge in [0.2, 0.25) is 0 Å². The zero-order chi connectivity index (χ0) is 15.1. The average molecular weight is 280 g/mol. The molecule has 5 heteroatoms. The number of carbonyl (C=O) groups excluding carboxylic acids is 1. The topological polar surface area (TPSA) is 44.1 Å². The average Bonchev–Trinajstić information content (AvgIpc) is 2.41. The first-order chi connectivity index (χ1) is 9.47. The van der Waals surface area contributed by atoms with Crippen molar-refractivity contribution in [1.82, 2.24) is 4.90 Å². The summed E-state index contributed by atoms with van der Waals surface area (Å²) >= 11 is 0. The highest BCUT2D eigenvalue weighted by Gasteiger charge is 2.21. The van der Waals surface area contributed by atoms with Crippen molar-refractivity contribution in [2.45, 2.75) is 26.7 Å². The molecule has 3 nitrogen and oxygen atoms in total. The summed E-state index contributed by atoms with van der Waals surface area (Å²) in [7, 11) is 0. The molecule has 0 aromatic heterocycles. The van der Waals surface area contributed by atoms with Gasteiger partial charge in [0, 0.05) is 13.1 Å². The number of carbonyl (C=O) groups is 1. The summed E-state index contributed by atoms with van der Waals surface area (Å²) < 4.78 is 26.8. The van der Waals surface area contributed by atoms with Crippen LogP contribution in [0.1, 0.15) is 37.0 Å². The second kappa shape index (κ2) is 7.59. The molecule has 0 heterocycles. The molecule has 0 fully saturated rings. The largest absolute Gasteiger partial charge is 0.338 e. The lowest BCUT2D eigenvalue weighted by molar-refractivity contribution is 0.0746. The van der Waals surface area contributed by atoms with Crippen LogP contribution in [0, 0.1) is 28.9 Å². The van der Waals surface area contributed by atoms with E-state index in [1.807, 2.05) is 19.9 Å². The third-order valence-electron chi connectivity index (χ3n) is 2.94. The van der Waals surface area contributed by atoms with Gasteiger partial charge in [-0.3, -0.25) is 4.79 Å². The fraction of sp³-hybridized carbons (Fsp3) is 0.467. The lowest BCUT2D eigenvalue weighted by atomic mass is 10.1. The van der Waals surface area contributed by atoms with Gasteiger partial charge in [0.1, 0.15) is 0 Å². The molecular weight excluding hydrogens is 262 g/mol. The Morgan fingerprint density at radius 3 is 2.65 bits per heavy atom. The van der Waals surface area contributed by atoms with E-state index in [1.54, 1.807) is 0 Å². The van der Waals surface area contributed by atoms with Gasteiger partial charge in [-0.1, -0.05) is 19.9 Å². The van der Waals surface area contributed by atoms with E-state index in [-0.39, 0.29) is 18.5 Å². The van der Waals surface area contributed by atoms with Crippen LogP contribution in [0.25, 0.3) is 0 Å². The number of nitrogens with zero attached hydrogens (tertiary/aromatic N) is 2. The highest BCUT2D eigenvalue weighted by molar-refractivity contribution is 5.94. The van der Waals surface area contributed by atoms with Gasteiger partial charge in [-0.25, -0.2) is 8.78 Å². The van der Waals surface area contributed by atoms with Crippen molar-refractivity contribution in [3.63, 3.8) is 0 Å². The Balaban J connectivity index is 2.91. The zero-order valence-corrected chi connectivity index (χ0v) is 11.7. The zero-order valence-electron chi connectivity index (χ0n) is 11.7. The number of nitriles is 1. The Kier molecular flexibility index (Phi) is 6.10. The molecule has 0 atom stereocenters. The fourth-order valence-electron chi connectivity index (χ4n) is 1.75. The van der Waals surface area contributed by atoms with E-state index in [4.69, 9.17) is 5.26 Å². The van der Waals surface area contributed by atoms with Gasteiger partial charge in [-0.15, -0.1) is 0 Å². The maximum Gasteiger partial charge on any atom is 0.256 e. The van der Waals surface area contributed by atoms with Gasteiger partial charge in [-0.2, -0.15) is 5.26 Å². The van der Waals surface area contributed by atoms with Crippen LogP contribution in [-0.4, -0.2) is 23.9 Å². The van der Waals surface area contributed by atoms with Crippen molar-refractivity contribution >= 4 is 5.91 Å². The van der Waals surface area contributed by atoms with Crippen molar-refractivity contribution in [3.8, 4) is 6.07 Å². The minimum atomic E-state index is -1.14. The molecule has 0 spiro atoms. The predicted octanol–water partition coefficient (Wildman–Crippen LogP) is 3.37. The molecule has 0 aliphatic rings. The summed E-state index contributed by atoms with van der Waals surface area (Å²) in [5, 5.41) is 8.62. The Morgan fingerprint density at radius 2 is 2.05 bits per heavy atom. The van der Waals surface area contributed by atoms with E-state index in [0.717, 1.165) is 12.5 Å². The van der Waals surface area contributed by atoms with E-state index >= 15 is 0 Å². The van der Waals surface area contributed by atoms with Crippen LogP contribution >= 0.6 is 0 Å². The van der Waals surface area contributed by atoms with E-state index < -0.39 is 17.5 Å². The summed E-state index contributed by atoms with van der Waals surface area (Å²) in [5.74, 6) is -2.37. The summed E-state index contributed by atoms with van der Waals surface area (Å²) in [6.45, 7) is 4.66. The van der Waals surface area contributed by atoms with Gasteiger partial charge >= 0.3 is 0 Å². The Labute approximate surface area is 117 Å². The van der Waals surface area contributed by atoms with E-state index in [0.29, 0.717) is 12.5 Å². The normalized spacial score (nSPS) is 10.4. The van der Waals surface area contributed by atoms with E-state index in [1.165, 1.54) is 17.0 Å². The Morgan fingerprint density at radius 1 is 1.35 bits per heavy atom. The standard InChI is InChI=1S/C15H18F2N2O/c1-11(2)7-10-19(9-4-8-18)15(20)12-5-3-6-13(16)14(12)17/h3,5-6,11H,4,7,9-10H2,1-2H3. The van der Waals surface area contributed by atoms with Gasteiger partial charge in [0.05, 0.1) is 18.1 Å². The number of amides is 1. The molecule has 1 aromatic rings. The first-order valence-electron chi connectivity index (χ1n) is 6.57. The maximum atomic E-state index is 13.6. The highest BCUT2D eigenvalue weighted by atomic mass is 19.2. The molecule has 1 rings (SSSR count). The smallest absolute Gasteiger partial charge is 0.256 e. The maximum absolute atomic E-state index is 13.6. The minimum absolute atomic E-state index is 0.167. The quantitative estimate of drug-likeness (QED) is 0.802. The molecule has 0 N–H and O–H groups in total. The van der Waals surface area contributed by atoms with Crippen molar-refractivity contribution in [2.75, 3.05) is 13.1 Å². The van der Waals surface area contributed by atoms with Crippen LogP contribution in [0.5, 0.6) is 0 Å². The summed E-state index contributed by atoms with van der Waals surface area (Å²) in [4.78, 5) is 13.6. The number of hydrogen-bond donors (Lipinski definition) is 0. The second-order valence-electron chi connectivity index (χ2n) is 4.98. The molecule has 20 heavy (non-hydrogen) atoms. The number of benzene rings is 1. The second-order valence-corrected chi connectivity index (χ2v) is 4.98. The lowest BCUT2D eigenvalue weighted by Gasteiger charge is -2.23. The predicted molar refractivity (Wildman–Crippen MR) is 71.9 cm³/mol. The SMILES string of the molecule is CC(C)CCN(CCC#N)C(=O)c1cccc(F)c1F. The fourth-order valence-corrected chi connectivity index (χ4v) is 1.75. The van der Waals surface area contributed by atoms with Crippen molar-refractivity contribution in [3.05, 3.63) is 35.4 Å². The van der Waals surface area contributed by atoms with Gasteiger partial charge in [-0.05, 0) is 24.5 Å². The summed E-state index contributed by atoms with van der Waals surface area (Å²) in [6.07, 6.45) is 0.912. The molecule has 0 bridgehead atoms. The third-order valence-corrected chi connectivity index (χ3v) is 2.94. The van der Waals surface area contributed by atoms with Crippen LogP contribution in [0.2, 0.25) is 0 Å². The van der Waals surface area contributed by atoms with Gasteiger partial charge in [0.15, 0.2) is 11.6 Å². The molecule has 108 valence electrons. The van der Waals surface area contributed by atoms with Crippen LogP contribution in [0.4, 0.5) is 8.78 Å². The first-order valence-corrected chi connectivity index (χ1v) is 6.57. The van der Waals surface area contributed by atoms with E-state index in [2.05, 4.69) is 0 Å².